The Balaban J connectivity index is 1.27. The van der Waals surface area contributed by atoms with Crippen LogP contribution in [0.5, 0.6) is 5.75 Å². The molecule has 2 aromatic rings. The van der Waals surface area contributed by atoms with Gasteiger partial charge in [0, 0.05) is 17.7 Å². The Hall–Kier alpha value is -4.34. The standard InChI is InChI=1S/C35H41F2N5O8S/c1-20-27-26(22-11-8-9-12-23(22)38-20)35(36,37)18-33(50-27)17-25-28(43)40-34(30(45)41-51(48,49)32(2)14-15-32)16-21(34)10-6-4-3-5-7-13-24(39-31(46)47)29(44)42(25)19-33/h6,8-12,21,24-25,39H,3-5,7,13-19H2,1-2H3,(H,40,43)(H,41,45)(H,46,47)/t21-,24+,25+,33+,34-/m1/s1. The monoisotopic (exact) mass is 729 g/mol. The molecule has 1 spiro atoms. The number of alkyl halides is 2. The van der Waals surface area contributed by atoms with Crippen molar-refractivity contribution in [1.29, 1.82) is 0 Å². The number of nitrogens with one attached hydrogen (secondary N) is 3. The fourth-order valence-electron chi connectivity index (χ4n) is 7.89. The van der Waals surface area contributed by atoms with Crippen LogP contribution >= 0.6 is 0 Å². The fourth-order valence-corrected chi connectivity index (χ4v) is 9.20. The van der Waals surface area contributed by atoms with Gasteiger partial charge < -0.3 is 25.4 Å². The molecule has 0 radical (unpaired) electrons. The van der Waals surface area contributed by atoms with Crippen LogP contribution in [0.15, 0.2) is 36.4 Å². The normalized spacial score (nSPS) is 31.2. The van der Waals surface area contributed by atoms with Crippen molar-refractivity contribution in [3.63, 3.8) is 0 Å². The molecule has 13 nitrogen and oxygen atoms in total. The van der Waals surface area contributed by atoms with Crippen LogP contribution in [0.4, 0.5) is 13.6 Å². The third-order valence-corrected chi connectivity index (χ3v) is 13.3. The van der Waals surface area contributed by atoms with Crippen LogP contribution in [0.1, 0.15) is 82.4 Å². The fraction of sp³-hybridized carbons (Fsp3) is 0.571. The molecule has 0 unspecified atom stereocenters. The number of halogens is 2. The predicted octanol–water partition coefficient (Wildman–Crippen LogP) is 3.79. The molecule has 4 N–H and O–H groups in total. The van der Waals surface area contributed by atoms with Crippen LogP contribution < -0.4 is 20.1 Å². The molecule has 274 valence electrons. The lowest BCUT2D eigenvalue weighted by Gasteiger charge is -2.40. The SMILES string of the molecule is Cc1nc2ccccc2c2c1O[C@@]1(C[C@H]3C(=O)N[C@]4(C(=O)NS(=O)(=O)C5(C)CC5)C[C@H]4C=CCCCCC[C@H](NC(=O)O)C(=O)N3C1)CC2(F)F. The number of hydrogen-bond donors (Lipinski definition) is 4. The molecule has 0 bridgehead atoms. The summed E-state index contributed by atoms with van der Waals surface area (Å²) in [6, 6.07) is 3.71. The van der Waals surface area contributed by atoms with E-state index in [0.717, 1.165) is 4.90 Å². The Labute approximate surface area is 293 Å². The van der Waals surface area contributed by atoms with Gasteiger partial charge in [-0.25, -0.2) is 27.0 Å². The van der Waals surface area contributed by atoms with Gasteiger partial charge in [-0.2, -0.15) is 0 Å². The topological polar surface area (TPSA) is 184 Å². The summed E-state index contributed by atoms with van der Waals surface area (Å²) in [4.78, 5) is 59.7. The number of aromatic nitrogens is 1. The smallest absolute Gasteiger partial charge is 0.405 e. The number of sulfonamides is 1. The number of hydrogen-bond acceptors (Lipinski definition) is 8. The molecule has 1 aromatic carbocycles. The number of pyridine rings is 1. The van der Waals surface area contributed by atoms with E-state index in [1.807, 2.05) is 6.08 Å². The number of aryl methyl sites for hydroxylation is 1. The van der Waals surface area contributed by atoms with Gasteiger partial charge in [0.05, 0.1) is 34.5 Å². The Morgan fingerprint density at radius 2 is 1.86 bits per heavy atom. The first kappa shape index (κ1) is 35.1. The largest absolute Gasteiger partial charge is 0.483 e. The Kier molecular flexibility index (Phi) is 8.34. The molecule has 1 aromatic heterocycles. The zero-order valence-corrected chi connectivity index (χ0v) is 29.2. The molecular formula is C35H41F2N5O8S. The van der Waals surface area contributed by atoms with E-state index < -0.39 is 93.0 Å². The van der Waals surface area contributed by atoms with Crippen molar-refractivity contribution < 1.29 is 46.2 Å². The number of ether oxygens (including phenoxy) is 1. The molecule has 3 aliphatic heterocycles. The van der Waals surface area contributed by atoms with Crippen molar-refractivity contribution in [3.8, 4) is 5.75 Å². The van der Waals surface area contributed by atoms with Crippen LogP contribution in [0.3, 0.4) is 0 Å². The summed E-state index contributed by atoms with van der Waals surface area (Å²) < 4.78 is 66.5. The minimum Gasteiger partial charge on any atom is -0.483 e. The van der Waals surface area contributed by atoms with Crippen LogP contribution in [0.2, 0.25) is 0 Å². The quantitative estimate of drug-likeness (QED) is 0.340. The summed E-state index contributed by atoms with van der Waals surface area (Å²) in [6.45, 7) is 2.59. The van der Waals surface area contributed by atoms with Crippen molar-refractivity contribution in [2.75, 3.05) is 6.54 Å². The number of allylic oxidation sites excluding steroid dienone is 1. The molecule has 4 heterocycles. The van der Waals surface area contributed by atoms with Crippen LogP contribution in [-0.4, -0.2) is 81.7 Å². The second kappa shape index (κ2) is 12.1. The van der Waals surface area contributed by atoms with Gasteiger partial charge in [-0.05, 0) is 58.4 Å². The summed E-state index contributed by atoms with van der Waals surface area (Å²) in [6.07, 6.45) is 4.21. The maximum Gasteiger partial charge on any atom is 0.405 e. The van der Waals surface area contributed by atoms with Crippen molar-refractivity contribution in [1.82, 2.24) is 25.2 Å². The van der Waals surface area contributed by atoms with E-state index in [9.17, 15) is 32.7 Å². The molecule has 5 atom stereocenters. The van der Waals surface area contributed by atoms with Gasteiger partial charge in [0.25, 0.3) is 11.8 Å². The lowest BCUT2D eigenvalue weighted by Crippen LogP contribution is -2.58. The van der Waals surface area contributed by atoms with E-state index in [4.69, 9.17) is 4.74 Å². The molecule has 2 aliphatic carbocycles. The molecule has 2 saturated carbocycles. The van der Waals surface area contributed by atoms with Gasteiger partial charge in [-0.3, -0.25) is 19.1 Å². The molecule has 4 amide bonds. The Morgan fingerprint density at radius 3 is 2.59 bits per heavy atom. The highest BCUT2D eigenvalue weighted by Crippen LogP contribution is 2.54. The van der Waals surface area contributed by atoms with E-state index in [2.05, 4.69) is 20.3 Å². The molecule has 5 aliphatic rings. The maximum absolute atomic E-state index is 16.4. The minimum absolute atomic E-state index is 0.0855. The summed E-state index contributed by atoms with van der Waals surface area (Å²) in [5.41, 5.74) is -3.24. The molecular weight excluding hydrogens is 688 g/mol. The second-order valence-corrected chi connectivity index (χ2v) is 17.2. The van der Waals surface area contributed by atoms with Crippen molar-refractivity contribution in [3.05, 3.63) is 47.7 Å². The van der Waals surface area contributed by atoms with Crippen molar-refractivity contribution >= 4 is 44.7 Å². The molecule has 3 fully saturated rings. The second-order valence-electron chi connectivity index (χ2n) is 15.0. The number of carbonyl (C=O) groups excluding carboxylic acids is 3. The minimum atomic E-state index is -4.07. The number of nitrogens with zero attached hydrogens (tertiary/aromatic N) is 2. The molecule has 51 heavy (non-hydrogen) atoms. The van der Waals surface area contributed by atoms with E-state index in [1.165, 1.54) is 13.0 Å². The number of carboxylic acid groups (broad SMARTS) is 1. The number of carbonyl (C=O) groups is 4. The molecule has 1 saturated heterocycles. The van der Waals surface area contributed by atoms with Gasteiger partial charge in [-0.15, -0.1) is 0 Å². The summed E-state index contributed by atoms with van der Waals surface area (Å²) in [7, 11) is -4.07. The van der Waals surface area contributed by atoms with Crippen molar-refractivity contribution in [2.45, 2.75) is 112 Å². The van der Waals surface area contributed by atoms with Gasteiger partial charge >= 0.3 is 6.09 Å². The average Bonchev–Trinajstić information content (AvgIpc) is 3.94. The third-order valence-electron chi connectivity index (χ3n) is 11.2. The van der Waals surface area contributed by atoms with E-state index in [0.29, 0.717) is 44.0 Å². The first-order valence-electron chi connectivity index (χ1n) is 17.3. The zero-order valence-electron chi connectivity index (χ0n) is 28.3. The highest BCUT2D eigenvalue weighted by Gasteiger charge is 2.65. The predicted molar refractivity (Wildman–Crippen MR) is 179 cm³/mol. The average molecular weight is 730 g/mol. The number of amides is 4. The first-order valence-corrected chi connectivity index (χ1v) is 18.8. The summed E-state index contributed by atoms with van der Waals surface area (Å²) >= 11 is 0. The van der Waals surface area contributed by atoms with E-state index >= 15 is 8.78 Å². The number of benzene rings is 1. The number of para-hydroxylation sites is 1. The van der Waals surface area contributed by atoms with Crippen LogP contribution in [0, 0.1) is 12.8 Å². The third kappa shape index (κ3) is 6.18. The summed E-state index contributed by atoms with van der Waals surface area (Å²) in [5, 5.41) is 14.8. The summed E-state index contributed by atoms with van der Waals surface area (Å²) in [5.74, 6) is -6.75. The highest BCUT2D eigenvalue weighted by atomic mass is 32.2. The van der Waals surface area contributed by atoms with Gasteiger partial charge in [0.15, 0.2) is 5.75 Å². The Morgan fingerprint density at radius 1 is 1.12 bits per heavy atom. The van der Waals surface area contributed by atoms with Gasteiger partial charge in [0.2, 0.25) is 21.8 Å². The molecule has 7 rings (SSSR count). The number of fused-ring (bicyclic) bond motifs is 5. The van der Waals surface area contributed by atoms with E-state index in [1.54, 1.807) is 31.2 Å². The zero-order chi connectivity index (χ0) is 36.6. The maximum atomic E-state index is 16.4. The van der Waals surface area contributed by atoms with Crippen LogP contribution in [-0.2, 0) is 30.3 Å². The molecule has 16 heteroatoms. The first-order chi connectivity index (χ1) is 24.0. The lowest BCUT2D eigenvalue weighted by atomic mass is 9.84. The van der Waals surface area contributed by atoms with Gasteiger partial charge in [0.1, 0.15) is 23.2 Å². The number of rotatable bonds is 4. The van der Waals surface area contributed by atoms with E-state index in [-0.39, 0.29) is 35.2 Å². The Bertz CT molecular complexity index is 1970. The van der Waals surface area contributed by atoms with Gasteiger partial charge in [-0.1, -0.05) is 43.2 Å². The highest BCUT2D eigenvalue weighted by molar-refractivity contribution is 7.91. The lowest BCUT2D eigenvalue weighted by molar-refractivity contribution is -0.141. The van der Waals surface area contributed by atoms with Crippen LogP contribution in [0.25, 0.3) is 10.9 Å². The van der Waals surface area contributed by atoms with Crippen molar-refractivity contribution in [2.24, 2.45) is 5.92 Å².